The quantitative estimate of drug-likeness (QED) is 0.885. The normalized spacial score (nSPS) is 21.9. The highest BCUT2D eigenvalue weighted by Crippen LogP contribution is 2.41. The predicted molar refractivity (Wildman–Crippen MR) is 75.1 cm³/mol. The summed E-state index contributed by atoms with van der Waals surface area (Å²) < 4.78 is 6.07. The largest absolute Gasteiger partial charge is 0.488 e. The van der Waals surface area contributed by atoms with Crippen molar-refractivity contribution >= 4 is 10.8 Å². The average molecular weight is 241 g/mol. The summed E-state index contributed by atoms with van der Waals surface area (Å²) >= 11 is 0. The Morgan fingerprint density at radius 2 is 2.00 bits per heavy atom. The molecule has 1 aliphatic rings. The Balaban J connectivity index is 2.06. The molecule has 0 amide bonds. The Hall–Kier alpha value is -1.54. The van der Waals surface area contributed by atoms with Gasteiger partial charge < -0.3 is 10.1 Å². The third kappa shape index (κ3) is 1.77. The summed E-state index contributed by atoms with van der Waals surface area (Å²) in [4.78, 5) is 0. The van der Waals surface area contributed by atoms with Crippen LogP contribution in [0.25, 0.3) is 10.8 Å². The molecule has 2 heteroatoms. The van der Waals surface area contributed by atoms with E-state index in [0.717, 1.165) is 18.7 Å². The summed E-state index contributed by atoms with van der Waals surface area (Å²) in [6, 6.07) is 13.1. The molecule has 2 aromatic carbocycles. The molecular formula is C16H19NO. The molecule has 0 saturated carbocycles. The first-order chi connectivity index (χ1) is 8.81. The molecule has 0 aliphatic carbocycles. The third-order valence-corrected chi connectivity index (χ3v) is 3.63. The minimum atomic E-state index is 0.206. The van der Waals surface area contributed by atoms with Crippen LogP contribution < -0.4 is 10.1 Å². The molecule has 1 heterocycles. The number of rotatable bonds is 3. The van der Waals surface area contributed by atoms with Gasteiger partial charge in [-0.2, -0.15) is 0 Å². The average Bonchev–Trinajstić information content (AvgIpc) is 2.72. The van der Waals surface area contributed by atoms with Crippen LogP contribution in [-0.4, -0.2) is 12.6 Å². The van der Waals surface area contributed by atoms with Gasteiger partial charge in [0.05, 0.1) is 6.04 Å². The van der Waals surface area contributed by atoms with E-state index >= 15 is 0 Å². The number of ether oxygens (including phenoxy) is 1. The van der Waals surface area contributed by atoms with E-state index in [4.69, 9.17) is 4.74 Å². The van der Waals surface area contributed by atoms with Gasteiger partial charge >= 0.3 is 0 Å². The fourth-order valence-electron chi connectivity index (χ4n) is 2.72. The molecule has 1 aliphatic heterocycles. The maximum Gasteiger partial charge on any atom is 0.132 e. The van der Waals surface area contributed by atoms with Gasteiger partial charge in [-0.3, -0.25) is 0 Å². The van der Waals surface area contributed by atoms with Gasteiger partial charge in [-0.25, -0.2) is 0 Å². The van der Waals surface area contributed by atoms with Gasteiger partial charge in [-0.1, -0.05) is 43.3 Å². The lowest BCUT2D eigenvalue weighted by atomic mass is 10.0. The number of benzene rings is 2. The summed E-state index contributed by atoms with van der Waals surface area (Å²) in [7, 11) is 0. The summed E-state index contributed by atoms with van der Waals surface area (Å²) in [6.07, 6.45) is 1.35. The van der Waals surface area contributed by atoms with Gasteiger partial charge in [0.2, 0.25) is 0 Å². The van der Waals surface area contributed by atoms with E-state index in [0.29, 0.717) is 6.04 Å². The standard InChI is InChI=1S/C16H19NO/c1-3-10-17-15-11(2)18-16-13-7-5-4-6-12(13)8-9-14(15)16/h4-9,11,15,17H,3,10H2,1-2H3. The Labute approximate surface area is 108 Å². The topological polar surface area (TPSA) is 21.3 Å². The maximum atomic E-state index is 6.07. The lowest BCUT2D eigenvalue weighted by Crippen LogP contribution is -2.29. The molecule has 1 N–H and O–H groups in total. The molecule has 0 radical (unpaired) electrons. The van der Waals surface area contributed by atoms with Crippen molar-refractivity contribution in [2.24, 2.45) is 0 Å². The minimum absolute atomic E-state index is 0.206. The van der Waals surface area contributed by atoms with Crippen LogP contribution in [0.15, 0.2) is 36.4 Å². The molecule has 2 unspecified atom stereocenters. The summed E-state index contributed by atoms with van der Waals surface area (Å²) in [5.41, 5.74) is 1.30. The first-order valence-electron chi connectivity index (χ1n) is 6.73. The van der Waals surface area contributed by atoms with Crippen molar-refractivity contribution in [3.05, 3.63) is 42.0 Å². The van der Waals surface area contributed by atoms with E-state index in [1.54, 1.807) is 0 Å². The van der Waals surface area contributed by atoms with E-state index in [1.807, 2.05) is 0 Å². The molecule has 0 bridgehead atoms. The predicted octanol–water partition coefficient (Wildman–Crippen LogP) is 3.66. The lowest BCUT2D eigenvalue weighted by Gasteiger charge is -2.15. The second-order valence-corrected chi connectivity index (χ2v) is 4.96. The molecule has 2 atom stereocenters. The van der Waals surface area contributed by atoms with Crippen molar-refractivity contribution in [3.63, 3.8) is 0 Å². The molecule has 0 fully saturated rings. The fourth-order valence-corrected chi connectivity index (χ4v) is 2.72. The second kappa shape index (κ2) is 4.62. The van der Waals surface area contributed by atoms with Crippen molar-refractivity contribution in [1.29, 1.82) is 0 Å². The van der Waals surface area contributed by atoms with Gasteiger partial charge in [-0.05, 0) is 25.3 Å². The SMILES string of the molecule is CCCNC1c2ccc3ccccc3c2OC1C. The zero-order valence-corrected chi connectivity index (χ0v) is 10.9. The summed E-state index contributed by atoms with van der Waals surface area (Å²) in [5, 5.41) is 6.05. The first kappa shape index (κ1) is 11.5. The van der Waals surface area contributed by atoms with Crippen molar-refractivity contribution < 1.29 is 4.74 Å². The van der Waals surface area contributed by atoms with E-state index < -0.39 is 0 Å². The number of hydrogen-bond acceptors (Lipinski definition) is 2. The highest BCUT2D eigenvalue weighted by molar-refractivity contribution is 5.90. The molecule has 18 heavy (non-hydrogen) atoms. The van der Waals surface area contributed by atoms with Crippen molar-refractivity contribution in [1.82, 2.24) is 5.32 Å². The van der Waals surface area contributed by atoms with Gasteiger partial charge in [0, 0.05) is 10.9 Å². The van der Waals surface area contributed by atoms with Gasteiger partial charge in [0.1, 0.15) is 11.9 Å². The molecular weight excluding hydrogens is 222 g/mol. The number of nitrogens with one attached hydrogen (secondary N) is 1. The first-order valence-corrected chi connectivity index (χ1v) is 6.73. The van der Waals surface area contributed by atoms with Gasteiger partial charge in [0.25, 0.3) is 0 Å². The molecule has 94 valence electrons. The molecule has 2 nitrogen and oxygen atoms in total. The van der Waals surface area contributed by atoms with Crippen molar-refractivity contribution in [2.45, 2.75) is 32.4 Å². The highest BCUT2D eigenvalue weighted by atomic mass is 16.5. The van der Waals surface area contributed by atoms with E-state index in [-0.39, 0.29) is 6.10 Å². The Kier molecular flexibility index (Phi) is 2.96. The zero-order valence-electron chi connectivity index (χ0n) is 10.9. The number of fused-ring (bicyclic) bond motifs is 3. The van der Waals surface area contributed by atoms with Gasteiger partial charge in [0.15, 0.2) is 0 Å². The highest BCUT2D eigenvalue weighted by Gasteiger charge is 2.31. The maximum absolute atomic E-state index is 6.07. The second-order valence-electron chi connectivity index (χ2n) is 4.96. The van der Waals surface area contributed by atoms with Crippen LogP contribution in [0.4, 0.5) is 0 Å². The minimum Gasteiger partial charge on any atom is -0.488 e. The zero-order chi connectivity index (χ0) is 12.5. The van der Waals surface area contributed by atoms with Crippen LogP contribution in [0, 0.1) is 0 Å². The molecule has 0 spiro atoms. The van der Waals surface area contributed by atoms with Crippen LogP contribution in [0.2, 0.25) is 0 Å². The van der Waals surface area contributed by atoms with E-state index in [9.17, 15) is 0 Å². The van der Waals surface area contributed by atoms with Crippen LogP contribution >= 0.6 is 0 Å². The Bertz CT molecular complexity index is 564. The van der Waals surface area contributed by atoms with Crippen molar-refractivity contribution in [3.8, 4) is 5.75 Å². The smallest absolute Gasteiger partial charge is 0.132 e. The van der Waals surface area contributed by atoms with E-state index in [2.05, 4.69) is 55.6 Å². The van der Waals surface area contributed by atoms with Gasteiger partial charge in [-0.15, -0.1) is 0 Å². The van der Waals surface area contributed by atoms with Crippen LogP contribution in [-0.2, 0) is 0 Å². The summed E-state index contributed by atoms with van der Waals surface area (Å²) in [6.45, 7) is 5.36. The van der Waals surface area contributed by atoms with Crippen LogP contribution in [0.1, 0.15) is 31.9 Å². The molecule has 3 rings (SSSR count). The van der Waals surface area contributed by atoms with Crippen LogP contribution in [0.3, 0.4) is 0 Å². The van der Waals surface area contributed by atoms with Crippen LogP contribution in [0.5, 0.6) is 5.75 Å². The Morgan fingerprint density at radius 3 is 2.83 bits per heavy atom. The molecule has 0 aromatic heterocycles. The summed E-state index contributed by atoms with van der Waals surface area (Å²) in [5.74, 6) is 1.06. The van der Waals surface area contributed by atoms with E-state index in [1.165, 1.54) is 16.3 Å². The lowest BCUT2D eigenvalue weighted by molar-refractivity contribution is 0.211. The molecule has 0 saturated heterocycles. The molecule has 2 aromatic rings. The number of hydrogen-bond donors (Lipinski definition) is 1. The fraction of sp³-hybridized carbons (Fsp3) is 0.375. The Morgan fingerprint density at radius 1 is 1.17 bits per heavy atom. The third-order valence-electron chi connectivity index (χ3n) is 3.63. The monoisotopic (exact) mass is 241 g/mol. The van der Waals surface area contributed by atoms with Crippen molar-refractivity contribution in [2.75, 3.05) is 6.54 Å².